The average molecular weight is 227 g/mol. The van der Waals surface area contributed by atoms with Gasteiger partial charge in [-0.3, -0.25) is 4.99 Å². The van der Waals surface area contributed by atoms with Crippen LogP contribution in [-0.4, -0.2) is 48.0 Å². The highest BCUT2D eigenvalue weighted by Crippen LogP contribution is 2.17. The van der Waals surface area contributed by atoms with Gasteiger partial charge in [0.15, 0.2) is 5.17 Å². The lowest BCUT2D eigenvalue weighted by Gasteiger charge is -2.31. The van der Waals surface area contributed by atoms with E-state index in [4.69, 9.17) is 0 Å². The zero-order valence-electron chi connectivity index (χ0n) is 9.70. The topological polar surface area (TPSA) is 27.6 Å². The molecule has 2 fully saturated rings. The highest BCUT2D eigenvalue weighted by atomic mass is 32.2. The van der Waals surface area contributed by atoms with Gasteiger partial charge >= 0.3 is 0 Å². The SMILES string of the molecule is CC1CSC(=NCC2CCCCN2C)N1. The van der Waals surface area contributed by atoms with E-state index in [2.05, 4.69) is 29.2 Å². The van der Waals surface area contributed by atoms with Gasteiger partial charge in [-0.1, -0.05) is 18.2 Å². The maximum Gasteiger partial charge on any atom is 0.156 e. The lowest BCUT2D eigenvalue weighted by molar-refractivity contribution is 0.191. The minimum absolute atomic E-state index is 0.595. The first kappa shape index (κ1) is 11.3. The fourth-order valence-corrected chi connectivity index (χ4v) is 3.09. The Morgan fingerprint density at radius 2 is 2.40 bits per heavy atom. The quantitative estimate of drug-likeness (QED) is 0.775. The lowest BCUT2D eigenvalue weighted by Crippen LogP contribution is -2.38. The van der Waals surface area contributed by atoms with Crippen molar-refractivity contribution < 1.29 is 0 Å². The molecule has 0 bridgehead atoms. The van der Waals surface area contributed by atoms with Crippen molar-refractivity contribution in [1.82, 2.24) is 10.2 Å². The highest BCUT2D eigenvalue weighted by molar-refractivity contribution is 8.14. The lowest BCUT2D eigenvalue weighted by atomic mass is 10.0. The average Bonchev–Trinajstić information content (AvgIpc) is 2.63. The van der Waals surface area contributed by atoms with E-state index in [-0.39, 0.29) is 0 Å². The molecule has 1 N–H and O–H groups in total. The largest absolute Gasteiger partial charge is 0.362 e. The van der Waals surface area contributed by atoms with E-state index >= 15 is 0 Å². The molecule has 2 atom stereocenters. The standard InChI is InChI=1S/C11H21N3S/c1-9-8-15-11(13-9)12-7-10-5-3-4-6-14(10)2/h9-10H,3-8H2,1-2H3,(H,12,13). The van der Waals surface area contributed by atoms with Crippen LogP contribution in [0.15, 0.2) is 4.99 Å². The van der Waals surface area contributed by atoms with Gasteiger partial charge in [0.25, 0.3) is 0 Å². The Morgan fingerprint density at radius 1 is 1.53 bits per heavy atom. The maximum absolute atomic E-state index is 4.67. The van der Waals surface area contributed by atoms with E-state index < -0.39 is 0 Å². The van der Waals surface area contributed by atoms with Gasteiger partial charge < -0.3 is 10.2 Å². The summed E-state index contributed by atoms with van der Waals surface area (Å²) in [5, 5.41) is 4.56. The first-order chi connectivity index (χ1) is 7.25. The van der Waals surface area contributed by atoms with E-state index in [0.717, 1.165) is 11.7 Å². The fourth-order valence-electron chi connectivity index (χ4n) is 2.15. The van der Waals surface area contributed by atoms with Crippen LogP contribution < -0.4 is 5.32 Å². The Balaban J connectivity index is 1.81. The zero-order chi connectivity index (χ0) is 10.7. The summed E-state index contributed by atoms with van der Waals surface area (Å²) in [7, 11) is 2.22. The Bertz CT molecular complexity index is 242. The number of likely N-dealkylation sites (N-methyl/N-ethyl adjacent to an activating group) is 1. The molecular weight excluding hydrogens is 206 g/mol. The molecule has 0 saturated carbocycles. The molecule has 0 amide bonds. The minimum Gasteiger partial charge on any atom is -0.362 e. The first-order valence-corrected chi connectivity index (χ1v) is 6.88. The van der Waals surface area contributed by atoms with Crippen LogP contribution in [0, 0.1) is 0 Å². The molecule has 2 aliphatic heterocycles. The Hall–Kier alpha value is -0.220. The van der Waals surface area contributed by atoms with Gasteiger partial charge in [0.05, 0.1) is 6.54 Å². The maximum atomic E-state index is 4.67. The predicted octanol–water partition coefficient (Wildman–Crippen LogP) is 1.55. The van der Waals surface area contributed by atoms with Crippen molar-refractivity contribution in [2.45, 2.75) is 38.3 Å². The van der Waals surface area contributed by atoms with Crippen LogP contribution in [0.25, 0.3) is 0 Å². The summed E-state index contributed by atoms with van der Waals surface area (Å²) < 4.78 is 0. The van der Waals surface area contributed by atoms with Crippen LogP contribution in [0.1, 0.15) is 26.2 Å². The molecule has 3 nitrogen and oxygen atoms in total. The summed E-state index contributed by atoms with van der Waals surface area (Å²) in [6.07, 6.45) is 4.04. The Kier molecular flexibility index (Phi) is 3.92. The van der Waals surface area contributed by atoms with E-state index in [1.54, 1.807) is 0 Å². The van der Waals surface area contributed by atoms with E-state index in [9.17, 15) is 0 Å². The van der Waals surface area contributed by atoms with Crippen LogP contribution in [0.2, 0.25) is 0 Å². The second kappa shape index (κ2) is 5.21. The van der Waals surface area contributed by atoms with E-state index in [0.29, 0.717) is 12.1 Å². The number of nitrogens with one attached hydrogen (secondary N) is 1. The molecule has 0 aromatic carbocycles. The number of aliphatic imine (C=N–C) groups is 1. The van der Waals surface area contributed by atoms with Gasteiger partial charge in [-0.25, -0.2) is 0 Å². The summed E-state index contributed by atoms with van der Waals surface area (Å²) in [5.41, 5.74) is 0. The molecule has 0 aromatic rings. The molecule has 0 aliphatic carbocycles. The molecule has 0 spiro atoms. The molecular formula is C11H21N3S. The van der Waals surface area contributed by atoms with Gasteiger partial charge in [0, 0.05) is 17.8 Å². The number of piperidine rings is 1. The monoisotopic (exact) mass is 227 g/mol. The fraction of sp³-hybridized carbons (Fsp3) is 0.909. The van der Waals surface area contributed by atoms with E-state index in [1.165, 1.54) is 31.6 Å². The van der Waals surface area contributed by atoms with Crippen molar-refractivity contribution in [2.75, 3.05) is 25.9 Å². The summed E-state index contributed by atoms with van der Waals surface area (Å²) in [4.78, 5) is 7.13. The van der Waals surface area contributed by atoms with Crippen LogP contribution in [0.4, 0.5) is 0 Å². The number of rotatable bonds is 2. The summed E-state index contributed by atoms with van der Waals surface area (Å²) in [5.74, 6) is 1.17. The number of nitrogens with zero attached hydrogens (tertiary/aromatic N) is 2. The van der Waals surface area contributed by atoms with Gasteiger partial charge in [-0.15, -0.1) is 0 Å². The molecule has 2 saturated heterocycles. The molecule has 2 rings (SSSR count). The highest BCUT2D eigenvalue weighted by Gasteiger charge is 2.20. The minimum atomic E-state index is 0.595. The first-order valence-electron chi connectivity index (χ1n) is 5.90. The Morgan fingerprint density at radius 3 is 3.07 bits per heavy atom. The number of hydrogen-bond acceptors (Lipinski definition) is 3. The normalized spacial score (nSPS) is 35.7. The van der Waals surface area contributed by atoms with Crippen LogP contribution >= 0.6 is 11.8 Å². The van der Waals surface area contributed by atoms with Crippen molar-refractivity contribution in [1.29, 1.82) is 0 Å². The van der Waals surface area contributed by atoms with Gasteiger partial charge in [0.2, 0.25) is 0 Å². The predicted molar refractivity (Wildman–Crippen MR) is 67.6 cm³/mol. The molecule has 0 radical (unpaired) electrons. The number of hydrogen-bond donors (Lipinski definition) is 1. The third kappa shape index (κ3) is 3.11. The van der Waals surface area contributed by atoms with Crippen molar-refractivity contribution in [2.24, 2.45) is 4.99 Å². The van der Waals surface area contributed by atoms with Crippen LogP contribution in [0.5, 0.6) is 0 Å². The number of amidine groups is 1. The summed E-state index contributed by atoms with van der Waals surface area (Å²) in [6.45, 7) is 4.42. The van der Waals surface area contributed by atoms with Crippen molar-refractivity contribution >= 4 is 16.9 Å². The Labute approximate surface area is 96.7 Å². The number of thioether (sulfide) groups is 1. The smallest absolute Gasteiger partial charge is 0.156 e. The summed E-state index contributed by atoms with van der Waals surface area (Å²) >= 11 is 1.86. The number of likely N-dealkylation sites (tertiary alicyclic amines) is 1. The van der Waals surface area contributed by atoms with Crippen molar-refractivity contribution in [3.8, 4) is 0 Å². The molecule has 4 heteroatoms. The van der Waals surface area contributed by atoms with Gasteiger partial charge in [0.1, 0.15) is 0 Å². The molecule has 2 unspecified atom stereocenters. The second-order valence-electron chi connectivity index (χ2n) is 4.63. The van der Waals surface area contributed by atoms with Crippen LogP contribution in [-0.2, 0) is 0 Å². The molecule has 0 aromatic heterocycles. The molecule has 2 aliphatic rings. The van der Waals surface area contributed by atoms with Crippen LogP contribution in [0.3, 0.4) is 0 Å². The molecule has 2 heterocycles. The van der Waals surface area contributed by atoms with Crippen molar-refractivity contribution in [3.63, 3.8) is 0 Å². The summed E-state index contributed by atoms with van der Waals surface area (Å²) in [6, 6.07) is 1.27. The molecule has 86 valence electrons. The van der Waals surface area contributed by atoms with E-state index in [1.807, 2.05) is 11.8 Å². The third-order valence-corrected chi connectivity index (χ3v) is 4.39. The zero-order valence-corrected chi connectivity index (χ0v) is 10.5. The molecule has 15 heavy (non-hydrogen) atoms. The van der Waals surface area contributed by atoms with Crippen molar-refractivity contribution in [3.05, 3.63) is 0 Å². The third-order valence-electron chi connectivity index (χ3n) is 3.21. The second-order valence-corrected chi connectivity index (χ2v) is 5.64. The van der Waals surface area contributed by atoms with Gasteiger partial charge in [-0.05, 0) is 33.4 Å². The van der Waals surface area contributed by atoms with Gasteiger partial charge in [-0.2, -0.15) is 0 Å².